The number of carbonyl (C=O) groups excluding carboxylic acids is 1. The summed E-state index contributed by atoms with van der Waals surface area (Å²) in [4.78, 5) is 11.4. The third kappa shape index (κ3) is 2.70. The van der Waals surface area contributed by atoms with Crippen LogP contribution in [0.4, 0.5) is 0 Å². The Labute approximate surface area is 132 Å². The lowest BCUT2D eigenvalue weighted by atomic mass is 9.68. The first-order valence-electron chi connectivity index (χ1n) is 8.00. The predicted molar refractivity (Wildman–Crippen MR) is 85.6 cm³/mol. The normalized spacial score (nSPS) is 29.6. The molecule has 3 rings (SSSR count). The molecule has 0 N–H and O–H groups in total. The van der Waals surface area contributed by atoms with Gasteiger partial charge in [0.05, 0.1) is 11.7 Å². The SMILES string of the molecule is CC(=O)Oc1ccccc1[C@@H]1OC(C)(C)[C@H]2CC=C(C)[C@H]1C2. The van der Waals surface area contributed by atoms with Crippen molar-refractivity contribution in [2.75, 3.05) is 0 Å². The highest BCUT2D eigenvalue weighted by molar-refractivity contribution is 5.69. The fourth-order valence-electron chi connectivity index (χ4n) is 3.75. The van der Waals surface area contributed by atoms with Gasteiger partial charge in [0, 0.05) is 18.4 Å². The van der Waals surface area contributed by atoms with Crippen LogP contribution in [-0.2, 0) is 9.53 Å². The fraction of sp³-hybridized carbons (Fsp3) is 0.526. The Bertz CT molecular complexity index is 615. The third-order valence-corrected chi connectivity index (χ3v) is 5.11. The second-order valence-electron chi connectivity index (χ2n) is 7.00. The Morgan fingerprint density at radius 1 is 1.32 bits per heavy atom. The van der Waals surface area contributed by atoms with Crippen LogP contribution >= 0.6 is 0 Å². The van der Waals surface area contributed by atoms with Crippen molar-refractivity contribution in [3.8, 4) is 5.75 Å². The smallest absolute Gasteiger partial charge is 0.308 e. The number of carbonyl (C=O) groups is 1. The van der Waals surface area contributed by atoms with E-state index in [0.29, 0.717) is 17.6 Å². The van der Waals surface area contributed by atoms with Crippen LogP contribution in [0.3, 0.4) is 0 Å². The van der Waals surface area contributed by atoms with Gasteiger partial charge in [-0.1, -0.05) is 29.8 Å². The summed E-state index contributed by atoms with van der Waals surface area (Å²) in [5.41, 5.74) is 2.19. The molecule has 1 aliphatic carbocycles. The number of rotatable bonds is 2. The van der Waals surface area contributed by atoms with E-state index in [9.17, 15) is 4.79 Å². The highest BCUT2D eigenvalue weighted by Crippen LogP contribution is 2.52. The summed E-state index contributed by atoms with van der Waals surface area (Å²) in [7, 11) is 0. The molecule has 22 heavy (non-hydrogen) atoms. The molecule has 0 radical (unpaired) electrons. The molecule has 118 valence electrons. The first-order valence-corrected chi connectivity index (χ1v) is 8.00. The third-order valence-electron chi connectivity index (χ3n) is 5.11. The molecular weight excluding hydrogens is 276 g/mol. The quantitative estimate of drug-likeness (QED) is 0.460. The van der Waals surface area contributed by atoms with E-state index in [1.54, 1.807) is 0 Å². The molecule has 0 amide bonds. The van der Waals surface area contributed by atoms with E-state index in [4.69, 9.17) is 9.47 Å². The standard InChI is InChI=1S/C19H24O3/c1-12-9-10-14-11-16(12)18(22-19(14,3)4)15-7-5-6-8-17(15)21-13(2)20/h5-9,14,16,18H,10-11H2,1-4H3/t14-,16+,18-/m0/s1. The van der Waals surface area contributed by atoms with Crippen LogP contribution in [0.25, 0.3) is 0 Å². The van der Waals surface area contributed by atoms with Crippen molar-refractivity contribution in [1.29, 1.82) is 0 Å². The largest absolute Gasteiger partial charge is 0.426 e. The Morgan fingerprint density at radius 3 is 2.77 bits per heavy atom. The minimum Gasteiger partial charge on any atom is -0.426 e. The van der Waals surface area contributed by atoms with Crippen molar-refractivity contribution in [2.24, 2.45) is 11.8 Å². The monoisotopic (exact) mass is 300 g/mol. The lowest BCUT2D eigenvalue weighted by Gasteiger charge is -2.49. The minimum atomic E-state index is -0.295. The molecule has 1 aromatic rings. The van der Waals surface area contributed by atoms with Crippen LogP contribution in [-0.4, -0.2) is 11.6 Å². The molecule has 1 aromatic carbocycles. The summed E-state index contributed by atoms with van der Waals surface area (Å²) < 4.78 is 11.9. The molecule has 3 atom stereocenters. The Kier molecular flexibility index (Phi) is 3.85. The predicted octanol–water partition coefficient (Wildman–Crippen LogP) is 4.43. The minimum absolute atomic E-state index is 0.0571. The van der Waals surface area contributed by atoms with Gasteiger partial charge in [-0.25, -0.2) is 0 Å². The number of benzene rings is 1. The fourth-order valence-corrected chi connectivity index (χ4v) is 3.75. The maximum atomic E-state index is 11.4. The van der Waals surface area contributed by atoms with Gasteiger partial charge >= 0.3 is 5.97 Å². The van der Waals surface area contributed by atoms with Gasteiger partial charge in [-0.3, -0.25) is 4.79 Å². The zero-order valence-corrected chi connectivity index (χ0v) is 13.8. The molecule has 0 unspecified atom stereocenters. The van der Waals surface area contributed by atoms with Crippen molar-refractivity contribution >= 4 is 5.97 Å². The lowest BCUT2D eigenvalue weighted by Crippen LogP contribution is -2.45. The van der Waals surface area contributed by atoms with Gasteiger partial charge in [-0.2, -0.15) is 0 Å². The Balaban J connectivity index is 2.01. The van der Waals surface area contributed by atoms with Crippen LogP contribution in [0.15, 0.2) is 35.9 Å². The molecule has 2 aliphatic rings. The first kappa shape index (κ1) is 15.3. The molecule has 1 heterocycles. The molecular formula is C19H24O3. The topological polar surface area (TPSA) is 35.5 Å². The molecule has 0 spiro atoms. The average Bonchev–Trinajstić information content (AvgIpc) is 2.45. The van der Waals surface area contributed by atoms with Crippen molar-refractivity contribution in [3.05, 3.63) is 41.5 Å². The van der Waals surface area contributed by atoms with Gasteiger partial charge in [0.1, 0.15) is 5.75 Å². The van der Waals surface area contributed by atoms with E-state index in [2.05, 4.69) is 26.8 Å². The number of para-hydroxylation sites is 1. The van der Waals surface area contributed by atoms with E-state index in [-0.39, 0.29) is 17.7 Å². The lowest BCUT2D eigenvalue weighted by molar-refractivity contribution is -0.167. The second kappa shape index (κ2) is 5.54. The van der Waals surface area contributed by atoms with Crippen molar-refractivity contribution < 1.29 is 14.3 Å². The van der Waals surface area contributed by atoms with Crippen LogP contribution in [0, 0.1) is 11.8 Å². The number of fused-ring (bicyclic) bond motifs is 2. The zero-order valence-electron chi connectivity index (χ0n) is 13.8. The number of esters is 1. The number of ether oxygens (including phenoxy) is 2. The van der Waals surface area contributed by atoms with Gasteiger partial charge < -0.3 is 9.47 Å². The van der Waals surface area contributed by atoms with Gasteiger partial charge in [-0.15, -0.1) is 0 Å². The van der Waals surface area contributed by atoms with Gasteiger partial charge in [-0.05, 0) is 45.6 Å². The second-order valence-corrected chi connectivity index (χ2v) is 7.00. The van der Waals surface area contributed by atoms with E-state index >= 15 is 0 Å². The van der Waals surface area contributed by atoms with Gasteiger partial charge in [0.25, 0.3) is 0 Å². The highest BCUT2D eigenvalue weighted by Gasteiger charge is 2.46. The molecule has 2 bridgehead atoms. The van der Waals surface area contributed by atoms with Crippen molar-refractivity contribution in [2.45, 2.75) is 52.2 Å². The summed E-state index contributed by atoms with van der Waals surface area (Å²) >= 11 is 0. The van der Waals surface area contributed by atoms with Crippen LogP contribution < -0.4 is 4.74 Å². The van der Waals surface area contributed by atoms with Gasteiger partial charge in [0.15, 0.2) is 0 Å². The summed E-state index contributed by atoms with van der Waals surface area (Å²) in [6, 6.07) is 7.73. The number of hydrogen-bond donors (Lipinski definition) is 0. The summed E-state index contributed by atoms with van der Waals surface area (Å²) in [5.74, 6) is 1.24. The van der Waals surface area contributed by atoms with Gasteiger partial charge in [0.2, 0.25) is 0 Å². The summed E-state index contributed by atoms with van der Waals surface area (Å²) in [6.07, 6.45) is 4.52. The van der Waals surface area contributed by atoms with E-state index < -0.39 is 0 Å². The molecule has 0 aromatic heterocycles. The Morgan fingerprint density at radius 2 is 2.05 bits per heavy atom. The van der Waals surface area contributed by atoms with Crippen LogP contribution in [0.2, 0.25) is 0 Å². The molecule has 1 fully saturated rings. The van der Waals surface area contributed by atoms with Crippen LogP contribution in [0.1, 0.15) is 52.2 Å². The first-order chi connectivity index (χ1) is 10.4. The number of allylic oxidation sites excluding steroid dienone is 1. The summed E-state index contributed by atoms with van der Waals surface area (Å²) in [6.45, 7) is 7.96. The van der Waals surface area contributed by atoms with E-state index in [0.717, 1.165) is 18.4 Å². The molecule has 3 nitrogen and oxygen atoms in total. The zero-order chi connectivity index (χ0) is 15.9. The maximum Gasteiger partial charge on any atom is 0.308 e. The summed E-state index contributed by atoms with van der Waals surface area (Å²) in [5, 5.41) is 0. The van der Waals surface area contributed by atoms with E-state index in [1.165, 1.54) is 12.5 Å². The Hall–Kier alpha value is -1.61. The van der Waals surface area contributed by atoms with Crippen molar-refractivity contribution in [1.82, 2.24) is 0 Å². The number of hydrogen-bond acceptors (Lipinski definition) is 3. The average molecular weight is 300 g/mol. The molecule has 1 aliphatic heterocycles. The van der Waals surface area contributed by atoms with Crippen molar-refractivity contribution in [3.63, 3.8) is 0 Å². The maximum absolute atomic E-state index is 11.4. The molecule has 3 heteroatoms. The highest BCUT2D eigenvalue weighted by atomic mass is 16.5. The molecule has 1 saturated heterocycles. The van der Waals surface area contributed by atoms with E-state index in [1.807, 2.05) is 24.3 Å². The van der Waals surface area contributed by atoms with Crippen LogP contribution in [0.5, 0.6) is 5.75 Å². The molecule has 0 saturated carbocycles.